The molecule has 0 saturated carbocycles. The number of ether oxygens (including phenoxy) is 2. The molecule has 0 unspecified atom stereocenters. The van der Waals surface area contributed by atoms with Crippen LogP contribution in [0.5, 0.6) is 11.5 Å². The number of likely N-dealkylation sites (tertiary alicyclic amines) is 1. The maximum atomic E-state index is 13.1. The Balaban J connectivity index is 1.58. The van der Waals surface area contributed by atoms with Crippen molar-refractivity contribution in [3.8, 4) is 11.5 Å². The van der Waals surface area contributed by atoms with Crippen molar-refractivity contribution >= 4 is 17.6 Å². The predicted octanol–water partition coefficient (Wildman–Crippen LogP) is 2.93. The summed E-state index contributed by atoms with van der Waals surface area (Å²) >= 11 is 0. The van der Waals surface area contributed by atoms with Crippen LogP contribution < -0.4 is 20.5 Å². The Kier molecular flexibility index (Phi) is 4.58. The first-order valence-corrected chi connectivity index (χ1v) is 8.99. The second kappa shape index (κ2) is 7.19. The molecule has 1 saturated heterocycles. The highest BCUT2D eigenvalue weighted by Gasteiger charge is 2.31. The van der Waals surface area contributed by atoms with E-state index in [-0.39, 0.29) is 11.9 Å². The molecule has 2 heterocycles. The van der Waals surface area contributed by atoms with Crippen LogP contribution in [-0.2, 0) is 0 Å². The van der Waals surface area contributed by atoms with Gasteiger partial charge in [-0.1, -0.05) is 12.1 Å². The number of benzene rings is 2. The second-order valence-electron chi connectivity index (χ2n) is 6.63. The number of nitrogens with one attached hydrogen (secondary N) is 1. The number of nitrogens with zero attached hydrogens (tertiary/aromatic N) is 1. The number of hydrogen-bond acceptors (Lipinski definition) is 4. The van der Waals surface area contributed by atoms with Gasteiger partial charge in [-0.05, 0) is 48.7 Å². The molecule has 0 radical (unpaired) electrons. The molecule has 2 aromatic carbocycles. The summed E-state index contributed by atoms with van der Waals surface area (Å²) in [5.41, 5.74) is 7.22. The smallest absolute Gasteiger partial charge is 0.316 e. The quantitative estimate of drug-likeness (QED) is 0.872. The number of nitrogens with two attached hydrogens (primary N) is 1. The van der Waals surface area contributed by atoms with Crippen molar-refractivity contribution in [1.82, 2.24) is 4.90 Å². The van der Waals surface area contributed by atoms with Gasteiger partial charge in [0, 0.05) is 17.8 Å². The number of urea groups is 1. The van der Waals surface area contributed by atoms with Gasteiger partial charge in [0.2, 0.25) is 0 Å². The van der Waals surface area contributed by atoms with Gasteiger partial charge in [0.25, 0.3) is 5.91 Å². The molecular formula is C20H21N3O4. The maximum Gasteiger partial charge on any atom is 0.316 e. The van der Waals surface area contributed by atoms with Crippen LogP contribution in [0.2, 0.25) is 0 Å². The summed E-state index contributed by atoms with van der Waals surface area (Å²) in [4.78, 5) is 26.0. The molecule has 2 aliphatic heterocycles. The summed E-state index contributed by atoms with van der Waals surface area (Å²) in [6, 6.07) is 12.0. The van der Waals surface area contributed by atoms with E-state index in [0.717, 1.165) is 29.9 Å². The third-order valence-corrected chi connectivity index (χ3v) is 4.84. The lowest BCUT2D eigenvalue weighted by molar-refractivity contribution is 0.0735. The molecule has 2 aliphatic rings. The lowest BCUT2D eigenvalue weighted by atomic mass is 10.0. The van der Waals surface area contributed by atoms with Gasteiger partial charge in [0.1, 0.15) is 13.2 Å². The Labute approximate surface area is 157 Å². The zero-order valence-electron chi connectivity index (χ0n) is 14.8. The fourth-order valence-corrected chi connectivity index (χ4v) is 3.66. The molecule has 7 heteroatoms. The highest BCUT2D eigenvalue weighted by atomic mass is 16.6. The van der Waals surface area contributed by atoms with E-state index in [1.165, 1.54) is 0 Å². The number of carbonyl (C=O) groups excluding carboxylic acids is 2. The Morgan fingerprint density at radius 2 is 1.89 bits per heavy atom. The van der Waals surface area contributed by atoms with Gasteiger partial charge in [-0.3, -0.25) is 4.79 Å². The minimum atomic E-state index is -0.657. The maximum absolute atomic E-state index is 13.1. The van der Waals surface area contributed by atoms with E-state index in [1.54, 1.807) is 24.3 Å². The van der Waals surface area contributed by atoms with Crippen molar-refractivity contribution in [2.45, 2.75) is 18.9 Å². The van der Waals surface area contributed by atoms with Crippen LogP contribution in [0.15, 0.2) is 42.5 Å². The van der Waals surface area contributed by atoms with Crippen LogP contribution in [0.25, 0.3) is 0 Å². The minimum Gasteiger partial charge on any atom is -0.486 e. The van der Waals surface area contributed by atoms with Crippen LogP contribution in [-0.4, -0.2) is 36.6 Å². The number of primary amides is 1. The molecule has 1 fully saturated rings. The third-order valence-electron chi connectivity index (χ3n) is 4.84. The van der Waals surface area contributed by atoms with Gasteiger partial charge in [-0.15, -0.1) is 0 Å². The number of rotatable bonds is 3. The minimum absolute atomic E-state index is 0.0129. The number of carbonyl (C=O) groups is 2. The fraction of sp³-hybridized carbons (Fsp3) is 0.300. The second-order valence-corrected chi connectivity index (χ2v) is 6.63. The third kappa shape index (κ3) is 3.53. The van der Waals surface area contributed by atoms with Gasteiger partial charge >= 0.3 is 6.03 Å². The molecule has 140 valence electrons. The first-order chi connectivity index (χ1) is 13.1. The predicted molar refractivity (Wildman–Crippen MR) is 100 cm³/mol. The summed E-state index contributed by atoms with van der Waals surface area (Å²) in [5, 5.41) is 2.51. The lowest BCUT2D eigenvalue weighted by Gasteiger charge is -2.27. The average Bonchev–Trinajstić information content (AvgIpc) is 3.16. The molecule has 0 aromatic heterocycles. The number of hydrogen-bond donors (Lipinski definition) is 2. The first-order valence-electron chi connectivity index (χ1n) is 8.99. The Hall–Kier alpha value is -3.22. The van der Waals surface area contributed by atoms with E-state index in [9.17, 15) is 9.59 Å². The van der Waals surface area contributed by atoms with Gasteiger partial charge < -0.3 is 25.4 Å². The number of fused-ring (bicyclic) bond motifs is 1. The van der Waals surface area contributed by atoms with Crippen LogP contribution in [0.3, 0.4) is 0 Å². The van der Waals surface area contributed by atoms with Crippen molar-refractivity contribution in [3.63, 3.8) is 0 Å². The topological polar surface area (TPSA) is 93.9 Å². The molecule has 27 heavy (non-hydrogen) atoms. The number of amides is 3. The van der Waals surface area contributed by atoms with Crippen molar-refractivity contribution in [1.29, 1.82) is 0 Å². The van der Waals surface area contributed by atoms with Crippen LogP contribution in [0.4, 0.5) is 10.5 Å². The molecule has 0 bridgehead atoms. The molecule has 0 spiro atoms. The summed E-state index contributed by atoms with van der Waals surface area (Å²) < 4.78 is 11.3. The molecule has 4 rings (SSSR count). The summed E-state index contributed by atoms with van der Waals surface area (Å²) in [5.74, 6) is 1.40. The fourth-order valence-electron chi connectivity index (χ4n) is 3.66. The van der Waals surface area contributed by atoms with Crippen molar-refractivity contribution < 1.29 is 19.1 Å². The first kappa shape index (κ1) is 17.2. The monoisotopic (exact) mass is 367 g/mol. The van der Waals surface area contributed by atoms with E-state index >= 15 is 0 Å². The summed E-state index contributed by atoms with van der Waals surface area (Å²) in [6.07, 6.45) is 1.83. The highest BCUT2D eigenvalue weighted by Crippen LogP contribution is 2.38. The normalized spacial score (nSPS) is 18.2. The molecule has 7 nitrogen and oxygen atoms in total. The van der Waals surface area contributed by atoms with Gasteiger partial charge in [0.05, 0.1) is 6.04 Å². The van der Waals surface area contributed by atoms with Crippen LogP contribution in [0, 0.1) is 0 Å². The molecule has 3 amide bonds. The molecule has 2 aromatic rings. The Bertz CT molecular complexity index is 883. The van der Waals surface area contributed by atoms with E-state index in [0.29, 0.717) is 31.0 Å². The van der Waals surface area contributed by atoms with E-state index in [2.05, 4.69) is 5.32 Å². The van der Waals surface area contributed by atoms with Crippen molar-refractivity contribution in [3.05, 3.63) is 53.6 Å². The van der Waals surface area contributed by atoms with E-state index < -0.39 is 6.03 Å². The number of anilines is 1. The van der Waals surface area contributed by atoms with Crippen LogP contribution >= 0.6 is 0 Å². The van der Waals surface area contributed by atoms with E-state index in [1.807, 2.05) is 23.1 Å². The largest absolute Gasteiger partial charge is 0.486 e. The lowest BCUT2D eigenvalue weighted by Crippen LogP contribution is -2.30. The zero-order chi connectivity index (χ0) is 18.8. The van der Waals surface area contributed by atoms with Gasteiger partial charge in [-0.2, -0.15) is 0 Å². The average molecular weight is 367 g/mol. The summed E-state index contributed by atoms with van der Waals surface area (Å²) in [6.45, 7) is 1.77. The highest BCUT2D eigenvalue weighted by molar-refractivity contribution is 5.97. The Morgan fingerprint density at radius 3 is 2.70 bits per heavy atom. The van der Waals surface area contributed by atoms with E-state index in [4.69, 9.17) is 15.2 Å². The zero-order valence-corrected chi connectivity index (χ0v) is 14.8. The van der Waals surface area contributed by atoms with Gasteiger partial charge in [-0.25, -0.2) is 4.79 Å². The Morgan fingerprint density at radius 1 is 1.07 bits per heavy atom. The molecule has 3 N–H and O–H groups in total. The van der Waals surface area contributed by atoms with Crippen molar-refractivity contribution in [2.75, 3.05) is 25.1 Å². The molecule has 1 atom stereocenters. The SMILES string of the molecule is NC(=O)Nc1cccc(C(=O)N2CCC[C@H]2c2ccc3c(c2)OCCO3)c1. The summed E-state index contributed by atoms with van der Waals surface area (Å²) in [7, 11) is 0. The van der Waals surface area contributed by atoms with Crippen molar-refractivity contribution in [2.24, 2.45) is 5.73 Å². The standard InChI is InChI=1S/C20H21N3O4/c21-20(25)22-15-4-1-3-14(11-15)19(24)23-8-2-5-16(23)13-6-7-17-18(12-13)27-10-9-26-17/h1,3-4,6-7,11-12,16H,2,5,8-10H2,(H3,21,22,25)/t16-/m0/s1. The van der Waals surface area contributed by atoms with Gasteiger partial charge in [0.15, 0.2) is 11.5 Å². The molecule has 0 aliphatic carbocycles. The molecular weight excluding hydrogens is 346 g/mol. The van der Waals surface area contributed by atoms with Crippen LogP contribution in [0.1, 0.15) is 34.8 Å².